The molecule has 2 aliphatic carbocycles. The SMILES string of the molecule is N#Cc1c(NC(=O)c2ccc(C(=O)Nc3sc4c(c3C#N)CCCCCC4)cc2)sc2c1CCCCCC2. The van der Waals surface area contributed by atoms with Gasteiger partial charge in [0.05, 0.1) is 11.1 Å². The van der Waals surface area contributed by atoms with E-state index in [4.69, 9.17) is 0 Å². The second kappa shape index (κ2) is 11.9. The molecule has 0 unspecified atom stereocenters. The summed E-state index contributed by atoms with van der Waals surface area (Å²) in [6, 6.07) is 11.1. The molecule has 0 bridgehead atoms. The van der Waals surface area contributed by atoms with Crippen LogP contribution in [0.3, 0.4) is 0 Å². The van der Waals surface area contributed by atoms with Crippen LogP contribution in [0.2, 0.25) is 0 Å². The fourth-order valence-electron chi connectivity index (χ4n) is 5.38. The van der Waals surface area contributed by atoms with Crippen LogP contribution in [0.5, 0.6) is 0 Å². The minimum atomic E-state index is -0.299. The number of anilines is 2. The molecule has 1 aromatic carbocycles. The number of carbonyl (C=O) groups excluding carboxylic acids is 2. The molecule has 194 valence electrons. The first-order valence-electron chi connectivity index (χ1n) is 13.4. The average Bonchev–Trinajstić information content (AvgIpc) is 3.38. The first-order valence-corrected chi connectivity index (χ1v) is 15.0. The molecule has 0 spiro atoms. The molecule has 5 rings (SSSR count). The first-order chi connectivity index (χ1) is 18.6. The summed E-state index contributed by atoms with van der Waals surface area (Å²) in [5, 5.41) is 26.7. The van der Waals surface area contributed by atoms with Crippen molar-refractivity contribution in [3.63, 3.8) is 0 Å². The summed E-state index contributed by atoms with van der Waals surface area (Å²) < 4.78 is 0. The van der Waals surface area contributed by atoms with E-state index in [9.17, 15) is 20.1 Å². The van der Waals surface area contributed by atoms with Crippen molar-refractivity contribution in [2.24, 2.45) is 0 Å². The van der Waals surface area contributed by atoms with Crippen LogP contribution in [0.15, 0.2) is 24.3 Å². The van der Waals surface area contributed by atoms with E-state index >= 15 is 0 Å². The number of benzene rings is 1. The fourth-order valence-corrected chi connectivity index (χ4v) is 7.84. The molecule has 8 heteroatoms. The molecule has 2 aliphatic rings. The van der Waals surface area contributed by atoms with Gasteiger partial charge in [0.25, 0.3) is 11.8 Å². The van der Waals surface area contributed by atoms with Gasteiger partial charge >= 0.3 is 0 Å². The van der Waals surface area contributed by atoms with Gasteiger partial charge in [-0.1, -0.05) is 25.7 Å². The maximum Gasteiger partial charge on any atom is 0.256 e. The summed E-state index contributed by atoms with van der Waals surface area (Å²) in [6.45, 7) is 0. The van der Waals surface area contributed by atoms with Gasteiger partial charge in [0.2, 0.25) is 0 Å². The molecular weight excluding hydrogens is 512 g/mol. The lowest BCUT2D eigenvalue weighted by molar-refractivity contribution is 0.101. The Hall–Kier alpha value is -3.46. The molecular formula is C30H30N4O2S2. The van der Waals surface area contributed by atoms with E-state index in [2.05, 4.69) is 22.8 Å². The zero-order valence-electron chi connectivity index (χ0n) is 21.3. The fraction of sp³-hybridized carbons (Fsp3) is 0.400. The summed E-state index contributed by atoms with van der Waals surface area (Å²) in [6.07, 6.45) is 12.8. The van der Waals surface area contributed by atoms with Crippen molar-refractivity contribution in [1.82, 2.24) is 0 Å². The van der Waals surface area contributed by atoms with Crippen molar-refractivity contribution in [1.29, 1.82) is 10.5 Å². The molecule has 0 atom stereocenters. The molecule has 0 fully saturated rings. The lowest BCUT2D eigenvalue weighted by atomic mass is 9.97. The van der Waals surface area contributed by atoms with Crippen molar-refractivity contribution in [3.05, 3.63) is 67.4 Å². The van der Waals surface area contributed by atoms with E-state index < -0.39 is 0 Å². The smallest absolute Gasteiger partial charge is 0.256 e. The van der Waals surface area contributed by atoms with Crippen LogP contribution >= 0.6 is 22.7 Å². The highest BCUT2D eigenvalue weighted by Crippen LogP contribution is 2.38. The Kier molecular flexibility index (Phi) is 8.22. The summed E-state index contributed by atoms with van der Waals surface area (Å²) in [7, 11) is 0. The molecule has 0 radical (unpaired) electrons. The average molecular weight is 543 g/mol. The molecule has 0 saturated carbocycles. The van der Waals surface area contributed by atoms with Crippen LogP contribution in [0.25, 0.3) is 0 Å². The number of hydrogen-bond donors (Lipinski definition) is 2. The second-order valence-corrected chi connectivity index (χ2v) is 12.2. The Morgan fingerprint density at radius 2 is 0.974 bits per heavy atom. The van der Waals surface area contributed by atoms with Gasteiger partial charge in [-0.15, -0.1) is 22.7 Å². The molecule has 3 aromatic rings. The van der Waals surface area contributed by atoms with E-state index in [1.54, 1.807) is 24.3 Å². The summed E-state index contributed by atoms with van der Waals surface area (Å²) in [4.78, 5) is 28.4. The number of thiophene rings is 2. The van der Waals surface area contributed by atoms with Crippen LogP contribution in [0, 0.1) is 22.7 Å². The molecule has 6 nitrogen and oxygen atoms in total. The predicted octanol–water partition coefficient (Wildman–Crippen LogP) is 7.38. The molecule has 2 N–H and O–H groups in total. The highest BCUT2D eigenvalue weighted by molar-refractivity contribution is 7.17. The number of carbonyl (C=O) groups is 2. The zero-order valence-corrected chi connectivity index (χ0v) is 23.0. The van der Waals surface area contributed by atoms with Gasteiger partial charge in [-0.2, -0.15) is 10.5 Å². The number of nitrogens with one attached hydrogen (secondary N) is 2. The Labute approximate surface area is 231 Å². The molecule has 38 heavy (non-hydrogen) atoms. The van der Waals surface area contributed by atoms with Crippen molar-refractivity contribution in [2.45, 2.75) is 77.0 Å². The number of fused-ring (bicyclic) bond motifs is 2. The topological polar surface area (TPSA) is 106 Å². The Morgan fingerprint density at radius 3 is 1.34 bits per heavy atom. The van der Waals surface area contributed by atoms with Crippen LogP contribution in [-0.4, -0.2) is 11.8 Å². The molecule has 2 heterocycles. The predicted molar refractivity (Wildman–Crippen MR) is 152 cm³/mol. The normalized spacial score (nSPS) is 15.3. The number of rotatable bonds is 4. The summed E-state index contributed by atoms with van der Waals surface area (Å²) in [5.41, 5.74) is 4.21. The maximum absolute atomic E-state index is 13.0. The molecule has 0 aliphatic heterocycles. The summed E-state index contributed by atoms with van der Waals surface area (Å²) in [5.74, 6) is -0.597. The van der Waals surface area contributed by atoms with Gasteiger partial charge in [-0.3, -0.25) is 9.59 Å². The third-order valence-corrected chi connectivity index (χ3v) is 9.84. The van der Waals surface area contributed by atoms with E-state index in [0.717, 1.165) is 62.5 Å². The highest BCUT2D eigenvalue weighted by atomic mass is 32.1. The third-order valence-electron chi connectivity index (χ3n) is 7.43. The van der Waals surface area contributed by atoms with Gasteiger partial charge in [0.1, 0.15) is 22.1 Å². The third kappa shape index (κ3) is 5.53. The van der Waals surface area contributed by atoms with Crippen LogP contribution < -0.4 is 10.6 Å². The number of nitriles is 2. The van der Waals surface area contributed by atoms with Crippen LogP contribution in [0.4, 0.5) is 10.0 Å². The van der Waals surface area contributed by atoms with E-state index in [0.29, 0.717) is 32.3 Å². The number of hydrogen-bond acceptors (Lipinski definition) is 6. The monoisotopic (exact) mass is 542 g/mol. The lowest BCUT2D eigenvalue weighted by Crippen LogP contribution is -2.14. The quantitative estimate of drug-likeness (QED) is 0.359. The lowest BCUT2D eigenvalue weighted by Gasteiger charge is -2.09. The second-order valence-electron chi connectivity index (χ2n) is 9.95. The number of amides is 2. The van der Waals surface area contributed by atoms with Gasteiger partial charge in [-0.25, -0.2) is 0 Å². The van der Waals surface area contributed by atoms with E-state index in [1.807, 2.05) is 0 Å². The van der Waals surface area contributed by atoms with Crippen LogP contribution in [-0.2, 0) is 25.7 Å². The Bertz CT molecular complexity index is 1330. The van der Waals surface area contributed by atoms with Crippen molar-refractivity contribution < 1.29 is 9.59 Å². The van der Waals surface area contributed by atoms with Gasteiger partial charge in [0.15, 0.2) is 0 Å². The molecule has 2 amide bonds. The highest BCUT2D eigenvalue weighted by Gasteiger charge is 2.23. The van der Waals surface area contributed by atoms with Gasteiger partial charge < -0.3 is 10.6 Å². The van der Waals surface area contributed by atoms with Crippen molar-refractivity contribution >= 4 is 44.5 Å². The minimum absolute atomic E-state index is 0.299. The van der Waals surface area contributed by atoms with Crippen LogP contribution in [0.1, 0.15) is 104 Å². The largest absolute Gasteiger partial charge is 0.312 e. The Balaban J connectivity index is 1.29. The summed E-state index contributed by atoms with van der Waals surface area (Å²) >= 11 is 3.03. The number of nitrogens with zero attached hydrogens (tertiary/aromatic N) is 2. The number of aryl methyl sites for hydroxylation is 2. The first kappa shape index (κ1) is 26.2. The molecule has 0 saturated heterocycles. The van der Waals surface area contributed by atoms with Gasteiger partial charge in [-0.05, 0) is 86.8 Å². The maximum atomic E-state index is 13.0. The standard InChI is InChI=1S/C30H30N4O2S2/c31-17-23-21-9-5-1-3-7-11-25(21)37-29(23)33-27(35)19-13-15-20(16-14-19)28(36)34-30-24(18-32)22-10-6-2-4-8-12-26(22)38-30/h13-16H,1-12H2,(H,33,35)(H,34,36). The minimum Gasteiger partial charge on any atom is -0.312 e. The molecule has 2 aromatic heterocycles. The van der Waals surface area contributed by atoms with E-state index in [-0.39, 0.29) is 11.8 Å². The zero-order chi connectivity index (χ0) is 26.5. The van der Waals surface area contributed by atoms with E-state index in [1.165, 1.54) is 58.1 Å². The van der Waals surface area contributed by atoms with Crippen molar-refractivity contribution in [2.75, 3.05) is 10.6 Å². The van der Waals surface area contributed by atoms with Gasteiger partial charge in [0, 0.05) is 20.9 Å². The Morgan fingerprint density at radius 1 is 0.605 bits per heavy atom. The van der Waals surface area contributed by atoms with Crippen molar-refractivity contribution in [3.8, 4) is 12.1 Å².